The van der Waals surface area contributed by atoms with Gasteiger partial charge in [0, 0.05) is 18.8 Å². The van der Waals surface area contributed by atoms with Gasteiger partial charge < -0.3 is 10.6 Å². The standard InChI is InChI=1S/C12H19N3/c1-9(2)14-12(13)15(4)11-7-5-10(3)6-8-11/h5-9H,1-4H3,(H2,13,14). The summed E-state index contributed by atoms with van der Waals surface area (Å²) in [5.41, 5.74) is 8.16. The van der Waals surface area contributed by atoms with Crippen LogP contribution in [0, 0.1) is 6.92 Å². The second kappa shape index (κ2) is 4.82. The number of anilines is 1. The van der Waals surface area contributed by atoms with Gasteiger partial charge in [-0.2, -0.15) is 0 Å². The summed E-state index contributed by atoms with van der Waals surface area (Å²) < 4.78 is 0. The third-order valence-corrected chi connectivity index (χ3v) is 2.16. The summed E-state index contributed by atoms with van der Waals surface area (Å²) in [6, 6.07) is 8.43. The van der Waals surface area contributed by atoms with Crippen LogP contribution in [-0.2, 0) is 0 Å². The Labute approximate surface area is 91.6 Å². The number of aryl methyl sites for hydroxylation is 1. The molecule has 3 nitrogen and oxygen atoms in total. The highest BCUT2D eigenvalue weighted by molar-refractivity contribution is 5.94. The maximum Gasteiger partial charge on any atom is 0.195 e. The maximum atomic E-state index is 5.86. The van der Waals surface area contributed by atoms with Crippen molar-refractivity contribution in [1.82, 2.24) is 0 Å². The SMILES string of the molecule is Cc1ccc(N(C)C(N)=NC(C)C)cc1. The summed E-state index contributed by atoms with van der Waals surface area (Å²) in [6.45, 7) is 6.08. The molecule has 1 rings (SSSR count). The molecule has 0 saturated carbocycles. The number of hydrogen-bond donors (Lipinski definition) is 1. The van der Waals surface area contributed by atoms with Gasteiger partial charge in [-0.1, -0.05) is 17.7 Å². The van der Waals surface area contributed by atoms with Crippen LogP contribution in [0.1, 0.15) is 19.4 Å². The molecule has 15 heavy (non-hydrogen) atoms. The molecule has 0 fully saturated rings. The van der Waals surface area contributed by atoms with Crippen LogP contribution in [0.25, 0.3) is 0 Å². The Hall–Kier alpha value is -1.51. The van der Waals surface area contributed by atoms with E-state index >= 15 is 0 Å². The third kappa shape index (κ3) is 3.27. The van der Waals surface area contributed by atoms with E-state index in [1.165, 1.54) is 5.56 Å². The number of nitrogens with zero attached hydrogens (tertiary/aromatic N) is 2. The molecule has 2 N–H and O–H groups in total. The largest absolute Gasteiger partial charge is 0.370 e. The summed E-state index contributed by atoms with van der Waals surface area (Å²) in [6.07, 6.45) is 0. The monoisotopic (exact) mass is 205 g/mol. The first-order valence-electron chi connectivity index (χ1n) is 5.14. The van der Waals surface area contributed by atoms with Crippen LogP contribution in [0.2, 0.25) is 0 Å². The Morgan fingerprint density at radius 1 is 1.27 bits per heavy atom. The first-order valence-corrected chi connectivity index (χ1v) is 5.14. The van der Waals surface area contributed by atoms with Crippen molar-refractivity contribution >= 4 is 11.6 Å². The van der Waals surface area contributed by atoms with Crippen molar-refractivity contribution < 1.29 is 0 Å². The first kappa shape index (κ1) is 11.6. The van der Waals surface area contributed by atoms with E-state index in [1.807, 2.05) is 37.9 Å². The van der Waals surface area contributed by atoms with E-state index in [2.05, 4.69) is 24.0 Å². The smallest absolute Gasteiger partial charge is 0.195 e. The lowest BCUT2D eigenvalue weighted by Gasteiger charge is -2.19. The Balaban J connectivity index is 2.85. The van der Waals surface area contributed by atoms with Gasteiger partial charge in [0.1, 0.15) is 0 Å². The van der Waals surface area contributed by atoms with Crippen molar-refractivity contribution in [3.8, 4) is 0 Å². The summed E-state index contributed by atoms with van der Waals surface area (Å²) >= 11 is 0. The molecule has 0 heterocycles. The predicted molar refractivity (Wildman–Crippen MR) is 66.3 cm³/mol. The first-order chi connectivity index (χ1) is 7.00. The quantitative estimate of drug-likeness (QED) is 0.593. The molecule has 0 amide bonds. The molecule has 0 aliphatic carbocycles. The summed E-state index contributed by atoms with van der Waals surface area (Å²) in [5.74, 6) is 0.550. The Morgan fingerprint density at radius 3 is 2.27 bits per heavy atom. The summed E-state index contributed by atoms with van der Waals surface area (Å²) in [4.78, 5) is 6.18. The van der Waals surface area contributed by atoms with Gasteiger partial charge in [0.05, 0.1) is 0 Å². The van der Waals surface area contributed by atoms with E-state index < -0.39 is 0 Å². The molecule has 0 unspecified atom stereocenters. The van der Waals surface area contributed by atoms with Crippen LogP contribution in [0.4, 0.5) is 5.69 Å². The van der Waals surface area contributed by atoms with Gasteiger partial charge in [0.25, 0.3) is 0 Å². The molecule has 0 saturated heterocycles. The Bertz CT molecular complexity index is 338. The van der Waals surface area contributed by atoms with Crippen molar-refractivity contribution in [2.75, 3.05) is 11.9 Å². The zero-order valence-electron chi connectivity index (χ0n) is 9.86. The number of guanidine groups is 1. The lowest BCUT2D eigenvalue weighted by Crippen LogP contribution is -2.34. The van der Waals surface area contributed by atoms with Crippen molar-refractivity contribution in [2.45, 2.75) is 26.8 Å². The highest BCUT2D eigenvalue weighted by Crippen LogP contribution is 2.13. The number of hydrogen-bond acceptors (Lipinski definition) is 1. The number of nitrogens with two attached hydrogens (primary N) is 1. The molecule has 0 aliphatic rings. The zero-order chi connectivity index (χ0) is 11.4. The highest BCUT2D eigenvalue weighted by Gasteiger charge is 2.04. The van der Waals surface area contributed by atoms with Crippen LogP contribution in [0.15, 0.2) is 29.3 Å². The van der Waals surface area contributed by atoms with Gasteiger partial charge in [0.2, 0.25) is 0 Å². The van der Waals surface area contributed by atoms with E-state index in [4.69, 9.17) is 5.73 Å². The Kier molecular flexibility index (Phi) is 3.72. The van der Waals surface area contributed by atoms with Crippen molar-refractivity contribution in [3.05, 3.63) is 29.8 Å². The lowest BCUT2D eigenvalue weighted by atomic mass is 10.2. The van der Waals surface area contributed by atoms with Gasteiger partial charge in [-0.15, -0.1) is 0 Å². The average Bonchev–Trinajstić information content (AvgIpc) is 2.17. The van der Waals surface area contributed by atoms with Gasteiger partial charge in [-0.3, -0.25) is 4.99 Å². The minimum absolute atomic E-state index is 0.220. The summed E-state index contributed by atoms with van der Waals surface area (Å²) in [5, 5.41) is 0. The molecule has 0 spiro atoms. The van der Waals surface area contributed by atoms with Gasteiger partial charge in [-0.25, -0.2) is 0 Å². The fourth-order valence-electron chi connectivity index (χ4n) is 1.25. The van der Waals surface area contributed by atoms with Crippen LogP contribution in [0.3, 0.4) is 0 Å². The second-order valence-corrected chi connectivity index (χ2v) is 3.98. The molecule has 0 bridgehead atoms. The molecule has 0 aliphatic heterocycles. The van der Waals surface area contributed by atoms with Crippen molar-refractivity contribution in [1.29, 1.82) is 0 Å². The van der Waals surface area contributed by atoms with E-state index in [0.29, 0.717) is 5.96 Å². The molecule has 0 aromatic heterocycles. The number of rotatable bonds is 2. The lowest BCUT2D eigenvalue weighted by molar-refractivity contribution is 0.828. The van der Waals surface area contributed by atoms with Gasteiger partial charge >= 0.3 is 0 Å². The molecular formula is C12H19N3. The van der Waals surface area contributed by atoms with E-state index in [1.54, 1.807) is 0 Å². The molecule has 1 aromatic carbocycles. The van der Waals surface area contributed by atoms with Crippen molar-refractivity contribution in [3.63, 3.8) is 0 Å². The topological polar surface area (TPSA) is 41.6 Å². The maximum absolute atomic E-state index is 5.86. The van der Waals surface area contributed by atoms with Crippen LogP contribution < -0.4 is 10.6 Å². The molecule has 3 heteroatoms. The summed E-state index contributed by atoms with van der Waals surface area (Å²) in [7, 11) is 1.92. The number of aliphatic imine (C=N–C) groups is 1. The van der Waals surface area contributed by atoms with Gasteiger partial charge in [0.15, 0.2) is 5.96 Å². The number of benzene rings is 1. The van der Waals surface area contributed by atoms with Gasteiger partial charge in [-0.05, 0) is 32.9 Å². The molecule has 0 radical (unpaired) electrons. The van der Waals surface area contributed by atoms with E-state index in [9.17, 15) is 0 Å². The molecule has 82 valence electrons. The second-order valence-electron chi connectivity index (χ2n) is 3.98. The highest BCUT2D eigenvalue weighted by atomic mass is 15.2. The van der Waals surface area contributed by atoms with Crippen molar-refractivity contribution in [2.24, 2.45) is 10.7 Å². The zero-order valence-corrected chi connectivity index (χ0v) is 9.86. The van der Waals surface area contributed by atoms with E-state index in [-0.39, 0.29) is 6.04 Å². The molecular weight excluding hydrogens is 186 g/mol. The van der Waals surface area contributed by atoms with E-state index in [0.717, 1.165) is 5.69 Å². The fraction of sp³-hybridized carbons (Fsp3) is 0.417. The minimum Gasteiger partial charge on any atom is -0.370 e. The molecule has 1 aromatic rings. The average molecular weight is 205 g/mol. The van der Waals surface area contributed by atoms with Crippen LogP contribution in [-0.4, -0.2) is 19.0 Å². The predicted octanol–water partition coefficient (Wildman–Crippen LogP) is 2.15. The molecule has 0 atom stereocenters. The van der Waals surface area contributed by atoms with Crippen LogP contribution >= 0.6 is 0 Å². The minimum atomic E-state index is 0.220. The third-order valence-electron chi connectivity index (χ3n) is 2.16. The fourth-order valence-corrected chi connectivity index (χ4v) is 1.25. The Morgan fingerprint density at radius 2 is 1.80 bits per heavy atom. The van der Waals surface area contributed by atoms with Crippen LogP contribution in [0.5, 0.6) is 0 Å². The normalized spacial score (nSPS) is 11.9.